The van der Waals surface area contributed by atoms with Gasteiger partial charge in [-0.15, -0.1) is 0 Å². The van der Waals surface area contributed by atoms with Gasteiger partial charge < -0.3 is 16.4 Å². The summed E-state index contributed by atoms with van der Waals surface area (Å²) >= 11 is 0. The van der Waals surface area contributed by atoms with E-state index in [1.54, 1.807) is 43.3 Å². The lowest BCUT2D eigenvalue weighted by molar-refractivity contribution is 0.0951. The summed E-state index contributed by atoms with van der Waals surface area (Å²) in [5.74, 6) is -0.583. The lowest BCUT2D eigenvalue weighted by Gasteiger charge is -2.07. The summed E-state index contributed by atoms with van der Waals surface area (Å²) in [7, 11) is 0. The minimum absolute atomic E-state index is 0.233. The smallest absolute Gasteiger partial charge is 0.316 e. The second-order valence-corrected chi connectivity index (χ2v) is 4.83. The van der Waals surface area contributed by atoms with Crippen LogP contribution in [-0.2, 0) is 6.54 Å². The highest BCUT2D eigenvalue weighted by Gasteiger charge is 2.06. The summed E-state index contributed by atoms with van der Waals surface area (Å²) in [5.41, 5.74) is 7.18. The van der Waals surface area contributed by atoms with Crippen LogP contribution in [0, 0.1) is 12.7 Å². The van der Waals surface area contributed by atoms with Crippen molar-refractivity contribution < 1.29 is 14.0 Å². The van der Waals surface area contributed by atoms with E-state index in [1.165, 1.54) is 6.07 Å². The van der Waals surface area contributed by atoms with Gasteiger partial charge in [-0.25, -0.2) is 9.18 Å². The van der Waals surface area contributed by atoms with E-state index >= 15 is 0 Å². The molecule has 0 atom stereocenters. The standard InChI is InChI=1S/C16H16FN3O2/c1-10-2-3-11(8-14(10)17)9-19-15(21)12-4-6-13(7-5-12)20-16(18)22/h2-8H,9H2,1H3,(H,19,21)(H3,18,20,22). The molecule has 0 bridgehead atoms. The fourth-order valence-electron chi connectivity index (χ4n) is 1.88. The summed E-state index contributed by atoms with van der Waals surface area (Å²) in [6.45, 7) is 1.91. The Morgan fingerprint density at radius 2 is 1.82 bits per heavy atom. The third kappa shape index (κ3) is 4.05. The number of amides is 3. The van der Waals surface area contributed by atoms with E-state index in [0.29, 0.717) is 22.4 Å². The Morgan fingerprint density at radius 3 is 2.41 bits per heavy atom. The molecular weight excluding hydrogens is 285 g/mol. The van der Waals surface area contributed by atoms with Crippen molar-refractivity contribution >= 4 is 17.6 Å². The van der Waals surface area contributed by atoms with E-state index in [0.717, 1.165) is 0 Å². The molecule has 0 saturated carbocycles. The summed E-state index contributed by atoms with van der Waals surface area (Å²) < 4.78 is 13.4. The highest BCUT2D eigenvalue weighted by molar-refractivity contribution is 5.95. The normalized spacial score (nSPS) is 10.1. The van der Waals surface area contributed by atoms with Gasteiger partial charge >= 0.3 is 6.03 Å². The van der Waals surface area contributed by atoms with Crippen LogP contribution in [0.1, 0.15) is 21.5 Å². The summed E-state index contributed by atoms with van der Waals surface area (Å²) in [6, 6.07) is 10.4. The molecule has 6 heteroatoms. The van der Waals surface area contributed by atoms with E-state index in [1.807, 2.05) is 0 Å². The third-order valence-electron chi connectivity index (χ3n) is 3.10. The van der Waals surface area contributed by atoms with Crippen molar-refractivity contribution in [1.29, 1.82) is 0 Å². The zero-order valence-electron chi connectivity index (χ0n) is 12.0. The molecule has 114 valence electrons. The van der Waals surface area contributed by atoms with Crippen LogP contribution in [0.4, 0.5) is 14.9 Å². The van der Waals surface area contributed by atoms with Crippen molar-refractivity contribution in [2.45, 2.75) is 13.5 Å². The maximum atomic E-state index is 13.4. The van der Waals surface area contributed by atoms with E-state index in [9.17, 15) is 14.0 Å². The number of aryl methyl sites for hydroxylation is 1. The molecule has 0 aliphatic carbocycles. The fourth-order valence-corrected chi connectivity index (χ4v) is 1.88. The molecule has 0 aromatic heterocycles. The Labute approximate surface area is 127 Å². The van der Waals surface area contributed by atoms with Gasteiger partial charge in [0.2, 0.25) is 0 Å². The largest absolute Gasteiger partial charge is 0.351 e. The molecule has 3 amide bonds. The molecule has 0 spiro atoms. The van der Waals surface area contributed by atoms with Gasteiger partial charge in [-0.1, -0.05) is 12.1 Å². The number of anilines is 1. The number of hydrogen-bond acceptors (Lipinski definition) is 2. The van der Waals surface area contributed by atoms with Crippen molar-refractivity contribution in [3.05, 3.63) is 65.0 Å². The predicted octanol–water partition coefficient (Wildman–Crippen LogP) is 2.55. The maximum absolute atomic E-state index is 13.4. The molecule has 0 unspecified atom stereocenters. The molecule has 0 aliphatic rings. The van der Waals surface area contributed by atoms with Crippen molar-refractivity contribution in [2.75, 3.05) is 5.32 Å². The van der Waals surface area contributed by atoms with Crippen LogP contribution in [0.5, 0.6) is 0 Å². The van der Waals surface area contributed by atoms with Gasteiger partial charge in [0.15, 0.2) is 0 Å². The first-order valence-corrected chi connectivity index (χ1v) is 6.65. The number of benzene rings is 2. The molecule has 0 saturated heterocycles. The second-order valence-electron chi connectivity index (χ2n) is 4.83. The lowest BCUT2D eigenvalue weighted by atomic mass is 10.1. The summed E-state index contributed by atoms with van der Waals surface area (Å²) in [5, 5.41) is 5.11. The first kappa shape index (κ1) is 15.5. The Morgan fingerprint density at radius 1 is 1.14 bits per heavy atom. The van der Waals surface area contributed by atoms with E-state index < -0.39 is 6.03 Å². The predicted molar refractivity (Wildman–Crippen MR) is 82.0 cm³/mol. The molecular formula is C16H16FN3O2. The average Bonchev–Trinajstić information content (AvgIpc) is 2.48. The lowest BCUT2D eigenvalue weighted by Crippen LogP contribution is -2.23. The minimum Gasteiger partial charge on any atom is -0.351 e. The summed E-state index contributed by atoms with van der Waals surface area (Å²) in [6.07, 6.45) is 0. The van der Waals surface area contributed by atoms with Crippen LogP contribution in [0.2, 0.25) is 0 Å². The monoisotopic (exact) mass is 301 g/mol. The molecule has 4 N–H and O–H groups in total. The molecule has 2 aromatic rings. The van der Waals surface area contributed by atoms with Gasteiger partial charge in [0, 0.05) is 17.8 Å². The van der Waals surface area contributed by atoms with Gasteiger partial charge in [0.05, 0.1) is 0 Å². The zero-order chi connectivity index (χ0) is 16.1. The number of primary amides is 1. The third-order valence-corrected chi connectivity index (χ3v) is 3.10. The van der Waals surface area contributed by atoms with Crippen LogP contribution in [0.25, 0.3) is 0 Å². The molecule has 2 rings (SSSR count). The van der Waals surface area contributed by atoms with Gasteiger partial charge in [0.1, 0.15) is 5.82 Å². The molecule has 22 heavy (non-hydrogen) atoms. The van der Waals surface area contributed by atoms with E-state index in [-0.39, 0.29) is 18.3 Å². The first-order valence-electron chi connectivity index (χ1n) is 6.65. The van der Waals surface area contributed by atoms with Gasteiger partial charge in [-0.3, -0.25) is 4.79 Å². The number of halogens is 1. The topological polar surface area (TPSA) is 84.2 Å². The number of carbonyl (C=O) groups is 2. The number of urea groups is 1. The Bertz CT molecular complexity index is 699. The van der Waals surface area contributed by atoms with Crippen LogP contribution < -0.4 is 16.4 Å². The quantitative estimate of drug-likeness (QED) is 0.811. The first-order chi connectivity index (χ1) is 10.5. The molecule has 0 fully saturated rings. The van der Waals surface area contributed by atoms with Gasteiger partial charge in [0.25, 0.3) is 5.91 Å². The van der Waals surface area contributed by atoms with Gasteiger partial charge in [-0.2, -0.15) is 0 Å². The van der Waals surface area contributed by atoms with E-state index in [2.05, 4.69) is 10.6 Å². The summed E-state index contributed by atoms with van der Waals surface area (Å²) in [4.78, 5) is 22.7. The van der Waals surface area contributed by atoms with Crippen molar-refractivity contribution in [3.8, 4) is 0 Å². The number of nitrogens with one attached hydrogen (secondary N) is 2. The highest BCUT2D eigenvalue weighted by Crippen LogP contribution is 2.11. The maximum Gasteiger partial charge on any atom is 0.316 e. The van der Waals surface area contributed by atoms with E-state index in [4.69, 9.17) is 5.73 Å². The zero-order valence-corrected chi connectivity index (χ0v) is 12.0. The number of nitrogens with two attached hydrogens (primary N) is 1. The van der Waals surface area contributed by atoms with Gasteiger partial charge in [-0.05, 0) is 48.4 Å². The van der Waals surface area contributed by atoms with Crippen LogP contribution >= 0.6 is 0 Å². The fraction of sp³-hybridized carbons (Fsp3) is 0.125. The van der Waals surface area contributed by atoms with Crippen molar-refractivity contribution in [2.24, 2.45) is 5.73 Å². The Hall–Kier alpha value is -2.89. The second kappa shape index (κ2) is 6.71. The minimum atomic E-state index is -0.668. The Balaban J connectivity index is 1.96. The number of carbonyl (C=O) groups excluding carboxylic acids is 2. The number of rotatable bonds is 4. The highest BCUT2D eigenvalue weighted by atomic mass is 19.1. The van der Waals surface area contributed by atoms with Crippen LogP contribution in [0.3, 0.4) is 0 Å². The van der Waals surface area contributed by atoms with Crippen molar-refractivity contribution in [3.63, 3.8) is 0 Å². The Kier molecular flexibility index (Phi) is 4.73. The van der Waals surface area contributed by atoms with Crippen LogP contribution in [-0.4, -0.2) is 11.9 Å². The average molecular weight is 301 g/mol. The molecule has 5 nitrogen and oxygen atoms in total. The van der Waals surface area contributed by atoms with Crippen LogP contribution in [0.15, 0.2) is 42.5 Å². The molecule has 0 aliphatic heterocycles. The number of hydrogen-bond donors (Lipinski definition) is 3. The SMILES string of the molecule is Cc1ccc(CNC(=O)c2ccc(NC(N)=O)cc2)cc1F. The van der Waals surface area contributed by atoms with Crippen molar-refractivity contribution in [1.82, 2.24) is 5.32 Å². The molecule has 2 aromatic carbocycles. The molecule has 0 radical (unpaired) electrons. The molecule has 0 heterocycles.